The van der Waals surface area contributed by atoms with Gasteiger partial charge >= 0.3 is 0 Å². The van der Waals surface area contributed by atoms with Crippen LogP contribution in [0.3, 0.4) is 0 Å². The maximum atomic E-state index is 8.92. The van der Waals surface area contributed by atoms with Crippen LogP contribution >= 0.6 is 0 Å². The fourth-order valence-corrected chi connectivity index (χ4v) is 2.83. The smallest absolute Gasteiger partial charge is 0.0991 e. The summed E-state index contributed by atoms with van der Waals surface area (Å²) in [6, 6.07) is 10.1. The molecule has 3 heteroatoms. The Morgan fingerprint density at radius 3 is 3.05 bits per heavy atom. The van der Waals surface area contributed by atoms with Crippen molar-refractivity contribution in [1.29, 1.82) is 5.26 Å². The molecule has 19 heavy (non-hydrogen) atoms. The molecule has 3 nitrogen and oxygen atoms in total. The molecule has 2 N–H and O–H groups in total. The van der Waals surface area contributed by atoms with Gasteiger partial charge in [0.05, 0.1) is 11.6 Å². The van der Waals surface area contributed by atoms with Crippen molar-refractivity contribution in [2.45, 2.75) is 31.8 Å². The van der Waals surface area contributed by atoms with Crippen LogP contribution in [0.25, 0.3) is 0 Å². The van der Waals surface area contributed by atoms with Gasteiger partial charge in [-0.2, -0.15) is 5.26 Å². The normalized spacial score (nSPS) is 17.8. The van der Waals surface area contributed by atoms with E-state index in [0.717, 1.165) is 24.9 Å². The molecule has 1 aromatic heterocycles. The van der Waals surface area contributed by atoms with E-state index in [1.54, 1.807) is 0 Å². The number of aryl methyl sites for hydroxylation is 1. The maximum Gasteiger partial charge on any atom is 0.0991 e. The largest absolute Gasteiger partial charge is 0.349 e. The number of hydrogen-bond acceptors (Lipinski definition) is 2. The summed E-state index contributed by atoms with van der Waals surface area (Å²) in [6.45, 7) is 0.801. The zero-order valence-electron chi connectivity index (χ0n) is 10.8. The van der Waals surface area contributed by atoms with Gasteiger partial charge in [0, 0.05) is 25.0 Å². The summed E-state index contributed by atoms with van der Waals surface area (Å²) < 4.78 is 2.19. The van der Waals surface area contributed by atoms with Crippen LogP contribution in [0, 0.1) is 11.3 Å². The first-order valence-electron chi connectivity index (χ1n) is 6.69. The topological polar surface area (TPSA) is 54.7 Å². The van der Waals surface area contributed by atoms with E-state index < -0.39 is 0 Å². The average molecular weight is 251 g/mol. The molecule has 0 bridgehead atoms. The highest BCUT2D eigenvalue weighted by Crippen LogP contribution is 2.28. The van der Waals surface area contributed by atoms with E-state index in [2.05, 4.69) is 29.1 Å². The number of rotatable bonds is 2. The van der Waals surface area contributed by atoms with Crippen LogP contribution in [-0.4, -0.2) is 4.57 Å². The number of nitrogens with zero attached hydrogens (tertiary/aromatic N) is 2. The number of aromatic nitrogens is 1. The van der Waals surface area contributed by atoms with Crippen molar-refractivity contribution in [2.24, 2.45) is 5.73 Å². The van der Waals surface area contributed by atoms with Gasteiger partial charge in [-0.25, -0.2) is 0 Å². The predicted octanol–water partition coefficient (Wildman–Crippen LogP) is 2.74. The van der Waals surface area contributed by atoms with Gasteiger partial charge in [-0.15, -0.1) is 0 Å². The molecule has 0 aliphatic heterocycles. The van der Waals surface area contributed by atoms with Crippen molar-refractivity contribution < 1.29 is 0 Å². The Balaban J connectivity index is 1.86. The Kier molecular flexibility index (Phi) is 3.10. The third-order valence-corrected chi connectivity index (χ3v) is 3.78. The summed E-state index contributed by atoms with van der Waals surface area (Å²) in [5, 5.41) is 8.92. The Bertz CT molecular complexity index is 634. The van der Waals surface area contributed by atoms with Crippen LogP contribution in [0.4, 0.5) is 0 Å². The van der Waals surface area contributed by atoms with E-state index in [-0.39, 0.29) is 6.04 Å². The summed E-state index contributed by atoms with van der Waals surface area (Å²) in [4.78, 5) is 0. The zero-order chi connectivity index (χ0) is 13.2. The van der Waals surface area contributed by atoms with E-state index >= 15 is 0 Å². The molecule has 0 amide bonds. The zero-order valence-corrected chi connectivity index (χ0v) is 10.8. The minimum absolute atomic E-state index is 0.190. The van der Waals surface area contributed by atoms with Crippen molar-refractivity contribution in [2.75, 3.05) is 0 Å². The summed E-state index contributed by atoms with van der Waals surface area (Å²) >= 11 is 0. The Hall–Kier alpha value is -2.05. The summed E-state index contributed by atoms with van der Waals surface area (Å²) in [7, 11) is 0. The van der Waals surface area contributed by atoms with E-state index in [1.807, 2.05) is 18.2 Å². The van der Waals surface area contributed by atoms with Crippen LogP contribution < -0.4 is 5.73 Å². The molecule has 1 aliphatic rings. The van der Waals surface area contributed by atoms with Gasteiger partial charge in [0.1, 0.15) is 0 Å². The van der Waals surface area contributed by atoms with Gasteiger partial charge < -0.3 is 10.3 Å². The molecule has 2 aromatic rings. The predicted molar refractivity (Wildman–Crippen MR) is 74.6 cm³/mol. The first-order chi connectivity index (χ1) is 9.26. The fraction of sp³-hybridized carbons (Fsp3) is 0.312. The molecule has 1 aliphatic carbocycles. The molecule has 96 valence electrons. The highest BCUT2D eigenvalue weighted by Gasteiger charge is 2.18. The van der Waals surface area contributed by atoms with Crippen LogP contribution in [-0.2, 0) is 13.0 Å². The van der Waals surface area contributed by atoms with Gasteiger partial charge in [0.2, 0.25) is 0 Å². The lowest BCUT2D eigenvalue weighted by molar-refractivity contribution is 0.573. The van der Waals surface area contributed by atoms with Crippen LogP contribution in [0.1, 0.15) is 41.1 Å². The number of fused-ring (bicyclic) bond motifs is 1. The van der Waals surface area contributed by atoms with Crippen molar-refractivity contribution in [1.82, 2.24) is 4.57 Å². The fourth-order valence-electron chi connectivity index (χ4n) is 2.83. The monoisotopic (exact) mass is 251 g/mol. The second kappa shape index (κ2) is 4.91. The highest BCUT2D eigenvalue weighted by atomic mass is 14.9. The molecular weight excluding hydrogens is 234 g/mol. The van der Waals surface area contributed by atoms with E-state index in [4.69, 9.17) is 11.0 Å². The van der Waals surface area contributed by atoms with Crippen molar-refractivity contribution >= 4 is 0 Å². The summed E-state index contributed by atoms with van der Waals surface area (Å²) in [5.74, 6) is 0. The van der Waals surface area contributed by atoms with Crippen LogP contribution in [0.15, 0.2) is 36.7 Å². The lowest BCUT2D eigenvalue weighted by atomic mass is 9.92. The van der Waals surface area contributed by atoms with Crippen molar-refractivity contribution in [3.63, 3.8) is 0 Å². The molecular formula is C16H17N3. The molecule has 0 saturated heterocycles. The molecule has 1 unspecified atom stereocenters. The molecule has 0 spiro atoms. The number of nitriles is 1. The van der Waals surface area contributed by atoms with Gasteiger partial charge in [0.25, 0.3) is 0 Å². The molecule has 0 fully saturated rings. The Labute approximate surface area is 113 Å². The first kappa shape index (κ1) is 12.0. The number of nitrogens with two attached hydrogens (primary N) is 1. The molecule has 1 aromatic carbocycles. The molecule has 1 atom stereocenters. The average Bonchev–Trinajstić information content (AvgIpc) is 2.83. The highest BCUT2D eigenvalue weighted by molar-refractivity contribution is 5.34. The molecule has 0 radical (unpaired) electrons. The number of benzene rings is 1. The lowest BCUT2D eigenvalue weighted by Crippen LogP contribution is -2.15. The Morgan fingerprint density at radius 1 is 1.37 bits per heavy atom. The summed E-state index contributed by atoms with van der Waals surface area (Å²) in [5.41, 5.74) is 10.7. The van der Waals surface area contributed by atoms with Crippen LogP contribution in [0.5, 0.6) is 0 Å². The second-order valence-electron chi connectivity index (χ2n) is 5.22. The van der Waals surface area contributed by atoms with Crippen molar-refractivity contribution in [3.8, 4) is 6.07 Å². The molecule has 1 heterocycles. The minimum Gasteiger partial charge on any atom is -0.349 e. The van der Waals surface area contributed by atoms with Gasteiger partial charge in [-0.05, 0) is 48.1 Å². The summed E-state index contributed by atoms with van der Waals surface area (Å²) in [6.07, 6.45) is 7.77. The number of hydrogen-bond donors (Lipinski definition) is 1. The third-order valence-electron chi connectivity index (χ3n) is 3.78. The molecule has 0 saturated carbocycles. The maximum absolute atomic E-state index is 8.92. The quantitative estimate of drug-likeness (QED) is 0.892. The van der Waals surface area contributed by atoms with E-state index in [0.29, 0.717) is 5.56 Å². The van der Waals surface area contributed by atoms with Gasteiger partial charge in [-0.1, -0.05) is 12.1 Å². The third kappa shape index (κ3) is 2.40. The SMILES string of the molecule is N#Cc1cccc(Cn2cc3c(c2)C(N)CCC3)c1. The lowest BCUT2D eigenvalue weighted by Gasteiger charge is -2.17. The second-order valence-corrected chi connectivity index (χ2v) is 5.22. The van der Waals surface area contributed by atoms with Crippen LogP contribution in [0.2, 0.25) is 0 Å². The standard InChI is InChI=1S/C16H17N3/c17-8-12-3-1-4-13(7-12)9-19-10-14-5-2-6-16(18)15(14)11-19/h1,3-4,7,10-11,16H,2,5-6,9,18H2. The van der Waals surface area contributed by atoms with E-state index in [1.165, 1.54) is 17.5 Å². The molecule has 3 rings (SSSR count). The van der Waals surface area contributed by atoms with Gasteiger partial charge in [-0.3, -0.25) is 0 Å². The minimum atomic E-state index is 0.190. The first-order valence-corrected chi connectivity index (χ1v) is 6.69. The van der Waals surface area contributed by atoms with Gasteiger partial charge in [0.15, 0.2) is 0 Å². The Morgan fingerprint density at radius 2 is 2.26 bits per heavy atom. The van der Waals surface area contributed by atoms with E-state index in [9.17, 15) is 0 Å². The van der Waals surface area contributed by atoms with Crippen molar-refractivity contribution in [3.05, 3.63) is 58.9 Å².